The number of halogens is 5. The molecule has 0 saturated carbocycles. The highest BCUT2D eigenvalue weighted by Crippen LogP contribution is 2.38. The van der Waals surface area contributed by atoms with Crippen LogP contribution in [0.25, 0.3) is 0 Å². The molecule has 1 aromatic carbocycles. The summed E-state index contributed by atoms with van der Waals surface area (Å²) in [5, 5.41) is 18.6. The minimum Gasteiger partial charge on any atom is -0.406 e. The monoisotopic (exact) mass is 484 g/mol. The fourth-order valence-electron chi connectivity index (χ4n) is 2.32. The van der Waals surface area contributed by atoms with E-state index in [0.717, 1.165) is 12.1 Å². The zero-order valence-corrected chi connectivity index (χ0v) is 17.1. The van der Waals surface area contributed by atoms with Crippen molar-refractivity contribution in [2.75, 3.05) is 11.1 Å². The number of hydrogen-bond acceptors (Lipinski definition) is 5. The Morgan fingerprint density at radius 3 is 2.70 bits per heavy atom. The Hall–Kier alpha value is -1.77. The van der Waals surface area contributed by atoms with Gasteiger partial charge in [-0.1, -0.05) is 34.5 Å². The smallest absolute Gasteiger partial charge is 0.406 e. The lowest BCUT2D eigenvalue weighted by Gasteiger charge is -2.19. The molecule has 0 saturated heterocycles. The molecule has 2 aromatic rings. The number of aromatic amines is 1. The molecule has 0 amide bonds. The molecule has 1 aromatic heterocycles. The van der Waals surface area contributed by atoms with Crippen molar-refractivity contribution >= 4 is 44.1 Å². The van der Waals surface area contributed by atoms with E-state index in [1.165, 1.54) is 0 Å². The largest absolute Gasteiger partial charge is 0.573 e. The molecule has 2 N–H and O–H groups in total. The van der Waals surface area contributed by atoms with Gasteiger partial charge in [0.15, 0.2) is 11.5 Å². The van der Waals surface area contributed by atoms with Crippen LogP contribution in [0.5, 0.6) is 5.75 Å². The van der Waals surface area contributed by atoms with E-state index < -0.39 is 29.0 Å². The van der Waals surface area contributed by atoms with Gasteiger partial charge in [0.2, 0.25) is 0 Å². The lowest BCUT2D eigenvalue weighted by Crippen LogP contribution is -2.17. The summed E-state index contributed by atoms with van der Waals surface area (Å²) in [7, 11) is -1.45. The number of nitrogens with zero attached hydrogens (tertiary/aromatic N) is 2. The van der Waals surface area contributed by atoms with Crippen molar-refractivity contribution in [3.63, 3.8) is 0 Å². The summed E-state index contributed by atoms with van der Waals surface area (Å²) in [6, 6.07) is 3.54. The number of nitriles is 1. The maximum atomic E-state index is 12.4. The van der Waals surface area contributed by atoms with Crippen molar-refractivity contribution in [1.29, 1.82) is 5.26 Å². The molecule has 0 bridgehead atoms. The molecule has 6 nitrogen and oxygen atoms in total. The highest BCUT2D eigenvalue weighted by atomic mass is 79.9. The van der Waals surface area contributed by atoms with Crippen molar-refractivity contribution in [1.82, 2.24) is 10.2 Å². The van der Waals surface area contributed by atoms with Gasteiger partial charge in [-0.3, -0.25) is 9.31 Å². The Bertz CT molecular complexity index is 890. The van der Waals surface area contributed by atoms with Crippen LogP contribution in [0.15, 0.2) is 21.5 Å². The topological polar surface area (TPSA) is 90.8 Å². The van der Waals surface area contributed by atoms with Crippen LogP contribution in [-0.2, 0) is 10.8 Å². The predicted molar refractivity (Wildman–Crippen MR) is 98.1 cm³/mol. The summed E-state index contributed by atoms with van der Waals surface area (Å²) in [6.45, 7) is 3.39. The van der Waals surface area contributed by atoms with E-state index in [1.807, 2.05) is 6.07 Å². The molecule has 0 aliphatic heterocycles. The lowest BCUT2D eigenvalue weighted by molar-refractivity contribution is -0.274. The average Bonchev–Trinajstić information content (AvgIpc) is 2.94. The summed E-state index contributed by atoms with van der Waals surface area (Å²) in [5.41, 5.74) is 0.518. The number of alkyl halides is 3. The lowest BCUT2D eigenvalue weighted by atomic mass is 10.1. The number of benzene rings is 1. The number of hydrogen-bond donors (Lipinski definition) is 2. The average molecular weight is 486 g/mol. The van der Waals surface area contributed by atoms with Crippen LogP contribution in [0.4, 0.5) is 19.0 Å². The van der Waals surface area contributed by atoms with E-state index in [0.29, 0.717) is 5.56 Å². The van der Waals surface area contributed by atoms with Gasteiger partial charge in [0.05, 0.1) is 21.9 Å². The van der Waals surface area contributed by atoms with Crippen molar-refractivity contribution in [2.24, 2.45) is 0 Å². The molecule has 27 heavy (non-hydrogen) atoms. The van der Waals surface area contributed by atoms with Gasteiger partial charge in [0, 0.05) is 15.8 Å². The molecule has 2 rings (SSSR count). The highest BCUT2D eigenvalue weighted by Gasteiger charge is 2.32. The van der Waals surface area contributed by atoms with Crippen LogP contribution in [0.2, 0.25) is 5.02 Å². The summed E-state index contributed by atoms with van der Waals surface area (Å²) in [4.78, 5) is 0.233. The van der Waals surface area contributed by atoms with Gasteiger partial charge in [0.1, 0.15) is 16.7 Å². The van der Waals surface area contributed by atoms with Crippen molar-refractivity contribution in [3.05, 3.63) is 32.9 Å². The van der Waals surface area contributed by atoms with E-state index in [9.17, 15) is 17.4 Å². The molecule has 1 heterocycles. The number of rotatable bonds is 6. The van der Waals surface area contributed by atoms with Gasteiger partial charge in [-0.2, -0.15) is 10.4 Å². The van der Waals surface area contributed by atoms with Crippen molar-refractivity contribution in [2.45, 2.75) is 31.1 Å². The molecule has 0 spiro atoms. The second kappa shape index (κ2) is 8.50. The second-order valence-corrected chi connectivity index (χ2v) is 8.17. The van der Waals surface area contributed by atoms with Crippen molar-refractivity contribution in [3.8, 4) is 11.8 Å². The predicted octanol–water partition coefficient (Wildman–Crippen LogP) is 4.90. The molecule has 2 unspecified atom stereocenters. The Kier molecular flexibility index (Phi) is 6.77. The zero-order valence-electron chi connectivity index (χ0n) is 13.9. The number of anilines is 1. The van der Waals surface area contributed by atoms with Crippen LogP contribution < -0.4 is 10.1 Å². The number of ether oxygens (including phenoxy) is 1. The first-order valence-electron chi connectivity index (χ1n) is 7.45. The standard InChI is InChI=1S/C15H13BrClF3N4O2S/c1-3-27(25)13-11(6-21)23-24-14(13)22-7(2)12-9(16)4-8(5-10(12)17)26-15(18,19)20/h4-5,7H,3H2,1-2H3,(H2,22,23,24). The van der Waals surface area contributed by atoms with Gasteiger partial charge in [-0.05, 0) is 19.1 Å². The third kappa shape index (κ3) is 5.15. The van der Waals surface area contributed by atoms with Gasteiger partial charge < -0.3 is 10.1 Å². The highest BCUT2D eigenvalue weighted by molar-refractivity contribution is 9.10. The molecule has 0 radical (unpaired) electrons. The Morgan fingerprint density at radius 1 is 1.52 bits per heavy atom. The van der Waals surface area contributed by atoms with Gasteiger partial charge in [-0.25, -0.2) is 0 Å². The van der Waals surface area contributed by atoms with Crippen LogP contribution >= 0.6 is 27.5 Å². The van der Waals surface area contributed by atoms with Crippen molar-refractivity contribution < 1.29 is 22.1 Å². The first-order chi connectivity index (χ1) is 12.6. The fourth-order valence-corrected chi connectivity index (χ4v) is 4.51. The molecule has 0 fully saturated rings. The van der Waals surface area contributed by atoms with Crippen LogP contribution in [0.1, 0.15) is 31.1 Å². The first-order valence-corrected chi connectivity index (χ1v) is 9.94. The normalized spacial score (nSPS) is 13.7. The summed E-state index contributed by atoms with van der Waals surface area (Å²) >= 11 is 9.32. The fraction of sp³-hybridized carbons (Fsp3) is 0.333. The van der Waals surface area contributed by atoms with E-state index in [-0.39, 0.29) is 31.7 Å². The molecule has 12 heteroatoms. The molecule has 0 aliphatic carbocycles. The van der Waals surface area contributed by atoms with Crippen LogP contribution in [0, 0.1) is 11.3 Å². The van der Waals surface area contributed by atoms with Crippen LogP contribution in [-0.4, -0.2) is 26.5 Å². The molecule has 146 valence electrons. The minimum atomic E-state index is -4.84. The second-order valence-electron chi connectivity index (χ2n) is 5.24. The Morgan fingerprint density at radius 2 is 2.19 bits per heavy atom. The minimum absolute atomic E-state index is 0.0258. The summed E-state index contributed by atoms with van der Waals surface area (Å²) < 4.78 is 53.5. The summed E-state index contributed by atoms with van der Waals surface area (Å²) in [6.07, 6.45) is -4.84. The maximum absolute atomic E-state index is 12.4. The molecular weight excluding hydrogens is 473 g/mol. The third-order valence-electron chi connectivity index (χ3n) is 3.40. The third-order valence-corrected chi connectivity index (χ3v) is 5.74. The van der Waals surface area contributed by atoms with E-state index in [2.05, 4.69) is 36.2 Å². The van der Waals surface area contributed by atoms with Crippen LogP contribution in [0.3, 0.4) is 0 Å². The molecule has 0 aliphatic rings. The SMILES string of the molecule is CCS(=O)c1c(NC(C)c2c(Cl)cc(OC(F)(F)F)cc2Br)n[nH]c1C#N. The maximum Gasteiger partial charge on any atom is 0.573 e. The number of aromatic nitrogens is 2. The number of nitrogens with one attached hydrogen (secondary N) is 2. The quantitative estimate of drug-likeness (QED) is 0.607. The first kappa shape index (κ1) is 21.5. The number of H-pyrrole nitrogens is 1. The van der Waals surface area contributed by atoms with Gasteiger partial charge in [-0.15, -0.1) is 13.2 Å². The Labute approximate surface area is 168 Å². The molecular formula is C15H13BrClF3N4O2S. The van der Waals surface area contributed by atoms with E-state index in [4.69, 9.17) is 16.9 Å². The molecule has 2 atom stereocenters. The van der Waals surface area contributed by atoms with E-state index >= 15 is 0 Å². The van der Waals surface area contributed by atoms with Gasteiger partial charge >= 0.3 is 6.36 Å². The van der Waals surface area contributed by atoms with Gasteiger partial charge in [0.25, 0.3) is 0 Å². The zero-order chi connectivity index (χ0) is 20.4. The summed E-state index contributed by atoms with van der Waals surface area (Å²) in [5.74, 6) is 0.0260. The Balaban J connectivity index is 2.35. The van der Waals surface area contributed by atoms with E-state index in [1.54, 1.807) is 13.8 Å².